The zero-order valence-electron chi connectivity index (χ0n) is 15.5. The monoisotopic (exact) mass is 445 g/mol. The molecule has 1 aliphatic rings. The molecule has 0 radical (unpaired) electrons. The van der Waals surface area contributed by atoms with Crippen LogP contribution in [0.4, 0.5) is 5.69 Å². The van der Waals surface area contributed by atoms with Gasteiger partial charge in [-0.25, -0.2) is 0 Å². The third-order valence-corrected chi connectivity index (χ3v) is 5.07. The van der Waals surface area contributed by atoms with E-state index in [1.54, 1.807) is 12.1 Å². The molecule has 1 aliphatic heterocycles. The lowest BCUT2D eigenvalue weighted by Gasteiger charge is -2.30. The van der Waals surface area contributed by atoms with E-state index in [9.17, 15) is 9.59 Å². The number of nitrogens with one attached hydrogen (secondary N) is 1. The Morgan fingerprint density at radius 1 is 1.19 bits per heavy atom. The van der Waals surface area contributed by atoms with Crippen LogP contribution < -0.4 is 10.2 Å². The fourth-order valence-corrected chi connectivity index (χ4v) is 3.77. The zero-order valence-corrected chi connectivity index (χ0v) is 17.9. The number of hydrogen-bond acceptors (Lipinski definition) is 3. The summed E-state index contributed by atoms with van der Waals surface area (Å²) in [5, 5.41) is 2.71. The van der Waals surface area contributed by atoms with Crippen molar-refractivity contribution < 1.29 is 9.59 Å². The molecule has 0 aliphatic carbocycles. The van der Waals surface area contributed by atoms with Crippen molar-refractivity contribution in [2.45, 2.75) is 33.2 Å². The van der Waals surface area contributed by atoms with Crippen LogP contribution >= 0.6 is 28.1 Å². The molecule has 27 heavy (non-hydrogen) atoms. The van der Waals surface area contributed by atoms with Crippen molar-refractivity contribution in [1.82, 2.24) is 9.88 Å². The van der Waals surface area contributed by atoms with Crippen LogP contribution in [0.25, 0.3) is 6.08 Å². The maximum Gasteiger partial charge on any atom is 0.270 e. The van der Waals surface area contributed by atoms with Gasteiger partial charge in [-0.1, -0.05) is 15.9 Å². The number of thiocarbonyl (C=S) groups is 1. The SMILES string of the molecule is Cc1cc(Br)ccc1N1C(=O)C(=Cc2cccn2C(C)(C)C)C(=O)NC1=S. The van der Waals surface area contributed by atoms with Crippen molar-refractivity contribution in [3.63, 3.8) is 0 Å². The Morgan fingerprint density at radius 3 is 2.52 bits per heavy atom. The number of aromatic nitrogens is 1. The van der Waals surface area contributed by atoms with Gasteiger partial charge in [-0.15, -0.1) is 0 Å². The lowest BCUT2D eigenvalue weighted by atomic mass is 10.1. The fraction of sp³-hybridized carbons (Fsp3) is 0.250. The van der Waals surface area contributed by atoms with Gasteiger partial charge in [0.2, 0.25) is 0 Å². The van der Waals surface area contributed by atoms with E-state index in [4.69, 9.17) is 12.2 Å². The molecule has 1 aromatic carbocycles. The fourth-order valence-electron chi connectivity index (χ4n) is 3.02. The second kappa shape index (κ2) is 7.05. The third-order valence-electron chi connectivity index (χ3n) is 4.30. The van der Waals surface area contributed by atoms with Crippen LogP contribution in [0.2, 0.25) is 0 Å². The molecule has 0 atom stereocenters. The number of carbonyl (C=O) groups is 2. The molecule has 2 aromatic rings. The Balaban J connectivity index is 2.07. The maximum absolute atomic E-state index is 13.2. The minimum atomic E-state index is -0.488. The van der Waals surface area contributed by atoms with Gasteiger partial charge in [0.05, 0.1) is 5.69 Å². The van der Waals surface area contributed by atoms with E-state index < -0.39 is 11.8 Å². The molecule has 1 saturated heterocycles. The topological polar surface area (TPSA) is 54.3 Å². The predicted molar refractivity (Wildman–Crippen MR) is 115 cm³/mol. The highest BCUT2D eigenvalue weighted by molar-refractivity contribution is 9.10. The van der Waals surface area contributed by atoms with Gasteiger partial charge < -0.3 is 4.57 Å². The molecule has 140 valence electrons. The number of rotatable bonds is 2. The Hall–Kier alpha value is -2.25. The summed E-state index contributed by atoms with van der Waals surface area (Å²) in [6.45, 7) is 8.07. The molecule has 0 unspecified atom stereocenters. The van der Waals surface area contributed by atoms with Crippen LogP contribution in [0.1, 0.15) is 32.0 Å². The van der Waals surface area contributed by atoms with Gasteiger partial charge in [-0.05, 0) is 81.9 Å². The van der Waals surface area contributed by atoms with Crippen molar-refractivity contribution in [3.8, 4) is 0 Å². The highest BCUT2D eigenvalue weighted by atomic mass is 79.9. The molecule has 0 saturated carbocycles. The van der Waals surface area contributed by atoms with E-state index in [1.807, 2.05) is 42.0 Å². The Morgan fingerprint density at radius 2 is 1.89 bits per heavy atom. The number of hydrogen-bond donors (Lipinski definition) is 1. The predicted octanol–water partition coefficient (Wildman–Crippen LogP) is 4.15. The summed E-state index contributed by atoms with van der Waals surface area (Å²) in [4.78, 5) is 27.0. The Bertz CT molecular complexity index is 985. The second-order valence-electron chi connectivity index (χ2n) is 7.36. The minimum absolute atomic E-state index is 0.0510. The van der Waals surface area contributed by atoms with Crippen LogP contribution in [0, 0.1) is 6.92 Å². The normalized spacial score (nSPS) is 16.9. The molecule has 2 amide bonds. The van der Waals surface area contributed by atoms with Crippen LogP contribution in [0.15, 0.2) is 46.6 Å². The summed E-state index contributed by atoms with van der Waals surface area (Å²) in [5.74, 6) is -0.923. The number of amides is 2. The standard InChI is InChI=1S/C20H20BrN3O2S/c1-12-10-13(21)7-8-16(12)24-18(26)15(17(25)22-19(24)27)11-14-6-5-9-23(14)20(2,3)4/h5-11H,1-4H3,(H,22,25,27). The molecule has 0 bridgehead atoms. The Labute approximate surface area is 172 Å². The van der Waals surface area contributed by atoms with Gasteiger partial charge in [-0.3, -0.25) is 19.8 Å². The zero-order chi connectivity index (χ0) is 19.9. The first-order valence-corrected chi connectivity index (χ1v) is 9.65. The molecule has 1 aromatic heterocycles. The first-order valence-electron chi connectivity index (χ1n) is 8.45. The number of carbonyl (C=O) groups excluding carboxylic acids is 2. The summed E-state index contributed by atoms with van der Waals surface area (Å²) in [6, 6.07) is 9.31. The molecule has 0 spiro atoms. The summed E-state index contributed by atoms with van der Waals surface area (Å²) in [6.07, 6.45) is 3.55. The number of nitrogens with zero attached hydrogens (tertiary/aromatic N) is 2. The van der Waals surface area contributed by atoms with Crippen molar-refractivity contribution in [1.29, 1.82) is 0 Å². The number of benzene rings is 1. The van der Waals surface area contributed by atoms with Crippen LogP contribution in [0.3, 0.4) is 0 Å². The van der Waals surface area contributed by atoms with Crippen molar-refractivity contribution in [2.75, 3.05) is 4.90 Å². The maximum atomic E-state index is 13.2. The van der Waals surface area contributed by atoms with E-state index in [1.165, 1.54) is 4.90 Å². The molecule has 2 heterocycles. The van der Waals surface area contributed by atoms with E-state index in [0.717, 1.165) is 15.7 Å². The van der Waals surface area contributed by atoms with E-state index in [2.05, 4.69) is 42.0 Å². The molecule has 5 nitrogen and oxygen atoms in total. The van der Waals surface area contributed by atoms with Gasteiger partial charge >= 0.3 is 0 Å². The average molecular weight is 446 g/mol. The molecular weight excluding hydrogens is 426 g/mol. The summed E-state index contributed by atoms with van der Waals surface area (Å²) >= 11 is 8.69. The number of aryl methyl sites for hydroxylation is 1. The lowest BCUT2D eigenvalue weighted by Crippen LogP contribution is -2.54. The summed E-state index contributed by atoms with van der Waals surface area (Å²) in [7, 11) is 0. The van der Waals surface area contributed by atoms with Gasteiger partial charge in [0.25, 0.3) is 11.8 Å². The largest absolute Gasteiger partial charge is 0.343 e. The smallest absolute Gasteiger partial charge is 0.270 e. The van der Waals surface area contributed by atoms with Gasteiger partial charge in [0, 0.05) is 21.9 Å². The van der Waals surface area contributed by atoms with Crippen LogP contribution in [0.5, 0.6) is 0 Å². The number of halogens is 1. The van der Waals surface area contributed by atoms with Crippen LogP contribution in [-0.4, -0.2) is 21.5 Å². The molecule has 3 rings (SSSR count). The summed E-state index contributed by atoms with van der Waals surface area (Å²) in [5.41, 5.74) is 2.16. The third kappa shape index (κ3) is 3.75. The van der Waals surface area contributed by atoms with E-state index >= 15 is 0 Å². The summed E-state index contributed by atoms with van der Waals surface area (Å²) < 4.78 is 2.92. The van der Waals surface area contributed by atoms with Gasteiger partial charge in [0.1, 0.15) is 5.57 Å². The minimum Gasteiger partial charge on any atom is -0.343 e. The second-order valence-corrected chi connectivity index (χ2v) is 8.66. The van der Waals surface area contributed by atoms with Crippen molar-refractivity contribution >= 4 is 56.8 Å². The molecule has 7 heteroatoms. The van der Waals surface area contributed by atoms with E-state index in [0.29, 0.717) is 5.69 Å². The Kier molecular flexibility index (Phi) is 5.10. The first-order chi connectivity index (χ1) is 12.6. The molecule has 1 N–H and O–H groups in total. The van der Waals surface area contributed by atoms with Crippen LogP contribution in [-0.2, 0) is 15.1 Å². The van der Waals surface area contributed by atoms with E-state index in [-0.39, 0.29) is 16.2 Å². The lowest BCUT2D eigenvalue weighted by molar-refractivity contribution is -0.122. The molecule has 1 fully saturated rings. The average Bonchev–Trinajstić information content (AvgIpc) is 3.02. The van der Waals surface area contributed by atoms with Crippen molar-refractivity contribution in [2.24, 2.45) is 0 Å². The number of anilines is 1. The highest BCUT2D eigenvalue weighted by Crippen LogP contribution is 2.28. The van der Waals surface area contributed by atoms with Crippen molar-refractivity contribution in [3.05, 3.63) is 57.8 Å². The van der Waals surface area contributed by atoms with Gasteiger partial charge in [-0.2, -0.15) is 0 Å². The highest BCUT2D eigenvalue weighted by Gasteiger charge is 2.35. The quantitative estimate of drug-likeness (QED) is 0.429. The van der Waals surface area contributed by atoms with Gasteiger partial charge in [0.15, 0.2) is 5.11 Å². The molecular formula is C20H20BrN3O2S. The first kappa shape index (κ1) is 19.5.